The van der Waals surface area contributed by atoms with Crippen LogP contribution >= 0.6 is 11.3 Å². The Balaban J connectivity index is 1.94. The summed E-state index contributed by atoms with van der Waals surface area (Å²) < 4.78 is 0. The summed E-state index contributed by atoms with van der Waals surface area (Å²) in [6.45, 7) is 2.76. The number of nitrogens with one attached hydrogen (secondary N) is 1. The van der Waals surface area contributed by atoms with Crippen molar-refractivity contribution in [3.63, 3.8) is 0 Å². The third-order valence-corrected chi connectivity index (χ3v) is 3.43. The maximum atomic E-state index is 11.2. The molecule has 4 nitrogen and oxygen atoms in total. The van der Waals surface area contributed by atoms with Gasteiger partial charge in [0, 0.05) is 24.5 Å². The Hall–Kier alpha value is -1.35. The van der Waals surface area contributed by atoms with Gasteiger partial charge >= 0.3 is 0 Å². The number of carbonyl (C=O) groups is 1. The molecule has 1 aromatic rings. The summed E-state index contributed by atoms with van der Waals surface area (Å²) >= 11 is 1.61. The Bertz CT molecular complexity index is 459. The van der Waals surface area contributed by atoms with Crippen LogP contribution in [0.4, 0.5) is 0 Å². The molecule has 1 amide bonds. The van der Waals surface area contributed by atoms with Crippen LogP contribution in [0.1, 0.15) is 9.75 Å². The molecular weight excluding hydrogens is 236 g/mol. The van der Waals surface area contributed by atoms with Gasteiger partial charge in [0.05, 0.1) is 11.4 Å². The van der Waals surface area contributed by atoms with Crippen LogP contribution < -0.4 is 5.32 Å². The highest BCUT2D eigenvalue weighted by Crippen LogP contribution is 2.17. The Morgan fingerprint density at radius 2 is 2.41 bits per heavy atom. The van der Waals surface area contributed by atoms with Crippen molar-refractivity contribution >= 4 is 17.2 Å². The molecule has 2 heterocycles. The van der Waals surface area contributed by atoms with Gasteiger partial charge < -0.3 is 10.4 Å². The van der Waals surface area contributed by atoms with E-state index in [1.165, 1.54) is 4.88 Å². The highest BCUT2D eigenvalue weighted by atomic mass is 32.1. The van der Waals surface area contributed by atoms with Crippen molar-refractivity contribution in [2.45, 2.75) is 6.54 Å². The van der Waals surface area contributed by atoms with Gasteiger partial charge in [-0.15, -0.1) is 11.3 Å². The Morgan fingerprint density at radius 3 is 3.18 bits per heavy atom. The van der Waals surface area contributed by atoms with Crippen LogP contribution in [0.15, 0.2) is 12.1 Å². The van der Waals surface area contributed by atoms with Crippen LogP contribution in [-0.4, -0.2) is 42.2 Å². The highest BCUT2D eigenvalue weighted by Gasteiger charge is 2.16. The maximum Gasteiger partial charge on any atom is 0.234 e. The average molecular weight is 250 g/mol. The van der Waals surface area contributed by atoms with Gasteiger partial charge in [-0.2, -0.15) is 0 Å². The molecule has 0 bridgehead atoms. The second kappa shape index (κ2) is 5.82. The molecule has 0 radical (unpaired) electrons. The van der Waals surface area contributed by atoms with E-state index in [0.29, 0.717) is 6.54 Å². The van der Waals surface area contributed by atoms with Gasteiger partial charge in [0.15, 0.2) is 0 Å². The first-order chi connectivity index (χ1) is 8.28. The topological polar surface area (TPSA) is 52.6 Å². The van der Waals surface area contributed by atoms with Gasteiger partial charge in [0.25, 0.3) is 0 Å². The van der Waals surface area contributed by atoms with Crippen LogP contribution in [0.25, 0.3) is 0 Å². The van der Waals surface area contributed by atoms with E-state index >= 15 is 0 Å². The first kappa shape index (κ1) is 12.1. The van der Waals surface area contributed by atoms with Crippen LogP contribution in [-0.2, 0) is 11.3 Å². The molecule has 1 aromatic heterocycles. The number of thiophene rings is 1. The van der Waals surface area contributed by atoms with E-state index in [0.717, 1.165) is 24.5 Å². The fourth-order valence-electron chi connectivity index (χ4n) is 1.70. The van der Waals surface area contributed by atoms with Gasteiger partial charge in [-0.1, -0.05) is 11.8 Å². The van der Waals surface area contributed by atoms with Crippen molar-refractivity contribution in [1.29, 1.82) is 0 Å². The summed E-state index contributed by atoms with van der Waals surface area (Å²) in [5, 5.41) is 11.4. The highest BCUT2D eigenvalue weighted by molar-refractivity contribution is 7.12. The number of hydrogen-bond donors (Lipinski definition) is 2. The lowest BCUT2D eigenvalue weighted by Crippen LogP contribution is -2.46. The Kier molecular flexibility index (Phi) is 4.15. The normalized spacial score (nSPS) is 16.2. The molecule has 0 saturated carbocycles. The summed E-state index contributed by atoms with van der Waals surface area (Å²) in [5.74, 6) is 5.60. The number of aliphatic hydroxyl groups is 1. The van der Waals surface area contributed by atoms with E-state index in [4.69, 9.17) is 5.11 Å². The van der Waals surface area contributed by atoms with E-state index in [9.17, 15) is 4.79 Å². The van der Waals surface area contributed by atoms with Crippen LogP contribution in [0.2, 0.25) is 0 Å². The van der Waals surface area contributed by atoms with Gasteiger partial charge in [-0.3, -0.25) is 9.69 Å². The van der Waals surface area contributed by atoms with Crippen molar-refractivity contribution in [3.05, 3.63) is 21.9 Å². The number of amides is 1. The third-order valence-electron chi connectivity index (χ3n) is 2.45. The second-order valence-electron chi connectivity index (χ2n) is 3.79. The first-order valence-corrected chi connectivity index (χ1v) is 6.27. The number of nitrogens with zero attached hydrogens (tertiary/aromatic N) is 1. The number of carbonyl (C=O) groups excluding carboxylic acids is 1. The standard InChI is InChI=1S/C12H14N2O2S/c15-7-1-2-10-3-4-11(17-10)8-14-6-5-13-12(16)9-14/h3-4,15H,5-9H2,(H,13,16). The third kappa shape index (κ3) is 3.56. The summed E-state index contributed by atoms with van der Waals surface area (Å²) in [7, 11) is 0. The molecule has 1 saturated heterocycles. The monoisotopic (exact) mass is 250 g/mol. The predicted octanol–water partition coefficient (Wildman–Crippen LogP) is 0.0237. The van der Waals surface area contributed by atoms with Crippen LogP contribution in [0.3, 0.4) is 0 Å². The largest absolute Gasteiger partial charge is 0.384 e. The minimum absolute atomic E-state index is 0.0908. The minimum atomic E-state index is -0.112. The lowest BCUT2D eigenvalue weighted by molar-refractivity contribution is -0.124. The van der Waals surface area contributed by atoms with Gasteiger partial charge in [0.2, 0.25) is 5.91 Å². The van der Waals surface area contributed by atoms with Gasteiger partial charge in [-0.05, 0) is 12.1 Å². The summed E-state index contributed by atoms with van der Waals surface area (Å²) in [5.41, 5.74) is 0. The first-order valence-electron chi connectivity index (χ1n) is 5.45. The zero-order chi connectivity index (χ0) is 12.1. The zero-order valence-electron chi connectivity index (χ0n) is 9.40. The quantitative estimate of drug-likeness (QED) is 0.728. The van der Waals surface area contributed by atoms with Crippen molar-refractivity contribution in [2.24, 2.45) is 0 Å². The molecule has 17 heavy (non-hydrogen) atoms. The molecule has 0 aliphatic carbocycles. The molecule has 5 heteroatoms. The Morgan fingerprint density at radius 1 is 1.53 bits per heavy atom. The number of rotatable bonds is 2. The molecule has 0 aromatic carbocycles. The molecule has 90 valence electrons. The van der Waals surface area contributed by atoms with Crippen LogP contribution in [0, 0.1) is 11.8 Å². The molecule has 1 aliphatic rings. The fourth-order valence-corrected chi connectivity index (χ4v) is 2.63. The molecule has 0 atom stereocenters. The molecule has 1 aliphatic heterocycles. The summed E-state index contributed by atoms with van der Waals surface area (Å²) in [6.07, 6.45) is 0. The van der Waals surface area contributed by atoms with Crippen molar-refractivity contribution < 1.29 is 9.90 Å². The molecule has 1 fully saturated rings. The molecule has 2 N–H and O–H groups in total. The van der Waals surface area contributed by atoms with Crippen molar-refractivity contribution in [3.8, 4) is 11.8 Å². The summed E-state index contributed by atoms with van der Waals surface area (Å²) in [4.78, 5) is 15.5. The fraction of sp³-hybridized carbons (Fsp3) is 0.417. The summed E-state index contributed by atoms with van der Waals surface area (Å²) in [6, 6.07) is 3.98. The Labute approximate surface area is 104 Å². The average Bonchev–Trinajstić information content (AvgIpc) is 2.74. The SMILES string of the molecule is O=C1CN(Cc2ccc(C#CCO)s2)CCN1. The van der Waals surface area contributed by atoms with E-state index in [2.05, 4.69) is 22.1 Å². The number of hydrogen-bond acceptors (Lipinski definition) is 4. The van der Waals surface area contributed by atoms with E-state index in [-0.39, 0.29) is 12.5 Å². The smallest absolute Gasteiger partial charge is 0.234 e. The van der Waals surface area contributed by atoms with Crippen molar-refractivity contribution in [1.82, 2.24) is 10.2 Å². The van der Waals surface area contributed by atoms with E-state index in [1.54, 1.807) is 11.3 Å². The molecular formula is C12H14N2O2S. The zero-order valence-corrected chi connectivity index (χ0v) is 10.2. The van der Waals surface area contributed by atoms with E-state index in [1.807, 2.05) is 12.1 Å². The molecule has 2 rings (SSSR count). The lowest BCUT2D eigenvalue weighted by atomic mass is 10.3. The molecule has 0 spiro atoms. The second-order valence-corrected chi connectivity index (χ2v) is 4.95. The lowest BCUT2D eigenvalue weighted by Gasteiger charge is -2.25. The maximum absolute atomic E-state index is 11.2. The number of aliphatic hydroxyl groups excluding tert-OH is 1. The minimum Gasteiger partial charge on any atom is -0.384 e. The van der Waals surface area contributed by atoms with E-state index < -0.39 is 0 Å². The number of piperazine rings is 1. The predicted molar refractivity (Wildman–Crippen MR) is 66.6 cm³/mol. The van der Waals surface area contributed by atoms with Gasteiger partial charge in [0.1, 0.15) is 6.61 Å². The van der Waals surface area contributed by atoms with Crippen molar-refractivity contribution in [2.75, 3.05) is 26.2 Å². The molecule has 0 unspecified atom stereocenters. The van der Waals surface area contributed by atoms with Crippen LogP contribution in [0.5, 0.6) is 0 Å². The van der Waals surface area contributed by atoms with Gasteiger partial charge in [-0.25, -0.2) is 0 Å².